The molecule has 3 heterocycles. The number of hydrogen-bond donors (Lipinski definition) is 1. The number of hydrogen-bond acceptors (Lipinski definition) is 5. The molecule has 0 saturated carbocycles. The van der Waals surface area contributed by atoms with Crippen LogP contribution >= 0.6 is 11.6 Å². The van der Waals surface area contributed by atoms with Gasteiger partial charge in [0.15, 0.2) is 0 Å². The second-order valence-electron chi connectivity index (χ2n) is 6.04. The van der Waals surface area contributed by atoms with E-state index in [0.717, 1.165) is 25.2 Å². The predicted molar refractivity (Wildman–Crippen MR) is 84.6 cm³/mol. The van der Waals surface area contributed by atoms with E-state index in [4.69, 9.17) is 16.1 Å². The number of benzene rings is 1. The normalized spacial score (nSPS) is 25.3. The summed E-state index contributed by atoms with van der Waals surface area (Å²) in [5, 5.41) is 8.25. The second-order valence-corrected chi connectivity index (χ2v) is 6.45. The molecule has 0 amide bonds. The number of nitrogens with zero attached hydrogens (tertiary/aromatic N) is 3. The summed E-state index contributed by atoms with van der Waals surface area (Å²) in [6.07, 6.45) is 3.73. The van der Waals surface area contributed by atoms with Crippen molar-refractivity contribution < 1.29 is 4.52 Å². The second kappa shape index (κ2) is 5.99. The Hall–Kier alpha value is -1.43. The molecule has 116 valence electrons. The van der Waals surface area contributed by atoms with Crippen LogP contribution in [0.4, 0.5) is 0 Å². The zero-order valence-corrected chi connectivity index (χ0v) is 13.1. The van der Waals surface area contributed by atoms with E-state index in [2.05, 4.69) is 20.4 Å². The summed E-state index contributed by atoms with van der Waals surface area (Å²) >= 11 is 6.20. The molecule has 0 aliphatic carbocycles. The molecule has 0 unspecified atom stereocenters. The van der Waals surface area contributed by atoms with Crippen molar-refractivity contribution in [1.82, 2.24) is 20.4 Å². The molecule has 2 aliphatic heterocycles. The van der Waals surface area contributed by atoms with Crippen molar-refractivity contribution >= 4 is 11.6 Å². The first-order valence-electron chi connectivity index (χ1n) is 7.85. The lowest BCUT2D eigenvalue weighted by Gasteiger charge is -2.25. The van der Waals surface area contributed by atoms with Gasteiger partial charge >= 0.3 is 0 Å². The Morgan fingerprint density at radius 1 is 1.23 bits per heavy atom. The first-order chi connectivity index (χ1) is 10.8. The monoisotopic (exact) mass is 318 g/mol. The molecular weight excluding hydrogens is 300 g/mol. The molecule has 0 spiro atoms. The van der Waals surface area contributed by atoms with E-state index in [-0.39, 0.29) is 0 Å². The third-order valence-electron chi connectivity index (χ3n) is 4.71. The maximum Gasteiger partial charge on any atom is 0.241 e. The highest BCUT2D eigenvalue weighted by Gasteiger charge is 2.35. The highest BCUT2D eigenvalue weighted by atomic mass is 35.5. The van der Waals surface area contributed by atoms with Gasteiger partial charge in [0.2, 0.25) is 11.7 Å². The fourth-order valence-corrected chi connectivity index (χ4v) is 3.79. The molecule has 4 rings (SSSR count). The Morgan fingerprint density at radius 2 is 2.09 bits per heavy atom. The minimum Gasteiger partial charge on any atom is -0.338 e. The van der Waals surface area contributed by atoms with Crippen molar-refractivity contribution in [3.8, 4) is 11.4 Å². The van der Waals surface area contributed by atoms with Crippen LogP contribution in [0.2, 0.25) is 5.02 Å². The fourth-order valence-electron chi connectivity index (χ4n) is 3.57. The van der Waals surface area contributed by atoms with Crippen LogP contribution in [0.3, 0.4) is 0 Å². The number of halogens is 1. The quantitative estimate of drug-likeness (QED) is 0.943. The van der Waals surface area contributed by atoms with E-state index >= 15 is 0 Å². The summed E-state index contributed by atoms with van der Waals surface area (Å²) in [4.78, 5) is 7.06. The Balaban J connectivity index is 1.54. The van der Waals surface area contributed by atoms with Crippen LogP contribution in [0, 0.1) is 0 Å². The van der Waals surface area contributed by atoms with Crippen LogP contribution in [0.15, 0.2) is 28.8 Å². The van der Waals surface area contributed by atoms with Gasteiger partial charge in [0.25, 0.3) is 0 Å². The zero-order chi connectivity index (χ0) is 14.9. The zero-order valence-electron chi connectivity index (χ0n) is 12.3. The maximum absolute atomic E-state index is 6.20. The van der Waals surface area contributed by atoms with Crippen LogP contribution in [-0.4, -0.2) is 40.2 Å². The lowest BCUT2D eigenvalue weighted by atomic mass is 10.1. The van der Waals surface area contributed by atoms with Gasteiger partial charge in [-0.15, -0.1) is 0 Å². The van der Waals surface area contributed by atoms with E-state index in [0.29, 0.717) is 28.8 Å². The molecule has 1 aromatic heterocycles. The predicted octanol–water partition coefficient (Wildman–Crippen LogP) is 2.72. The standard InChI is InChI=1S/C16H19ClN4O/c17-14-4-2-1-3-13(14)16-19-15(22-20-16)10-21-11-5-6-12(21)9-18-8-7-11/h1-4,11-12,18H,5-10H2/t11-,12+/m1/s1. The van der Waals surface area contributed by atoms with Crippen LogP contribution in [0.25, 0.3) is 11.4 Å². The molecule has 1 N–H and O–H groups in total. The van der Waals surface area contributed by atoms with Crippen molar-refractivity contribution in [1.29, 1.82) is 0 Å². The van der Waals surface area contributed by atoms with Gasteiger partial charge < -0.3 is 9.84 Å². The van der Waals surface area contributed by atoms with Crippen molar-refractivity contribution in [2.75, 3.05) is 13.1 Å². The van der Waals surface area contributed by atoms with E-state index in [1.165, 1.54) is 19.3 Å². The molecule has 2 atom stereocenters. The van der Waals surface area contributed by atoms with Gasteiger partial charge in [-0.2, -0.15) is 4.98 Å². The van der Waals surface area contributed by atoms with Crippen molar-refractivity contribution in [3.05, 3.63) is 35.2 Å². The lowest BCUT2D eigenvalue weighted by Crippen LogP contribution is -2.37. The number of aromatic nitrogens is 2. The van der Waals surface area contributed by atoms with Crippen LogP contribution in [0.5, 0.6) is 0 Å². The molecule has 2 aromatic rings. The molecule has 2 fully saturated rings. The molecule has 1 aromatic carbocycles. The molecule has 2 aliphatic rings. The highest BCUT2D eigenvalue weighted by Crippen LogP contribution is 2.30. The molecule has 2 saturated heterocycles. The summed E-state index contributed by atoms with van der Waals surface area (Å²) < 4.78 is 5.46. The molecule has 6 heteroatoms. The highest BCUT2D eigenvalue weighted by molar-refractivity contribution is 6.33. The van der Waals surface area contributed by atoms with Gasteiger partial charge in [0.1, 0.15) is 0 Å². The van der Waals surface area contributed by atoms with Crippen molar-refractivity contribution in [3.63, 3.8) is 0 Å². The minimum absolute atomic E-state index is 0.570. The Kier molecular flexibility index (Phi) is 3.86. The van der Waals surface area contributed by atoms with Gasteiger partial charge in [-0.25, -0.2) is 0 Å². The number of rotatable bonds is 3. The average molecular weight is 319 g/mol. The van der Waals surface area contributed by atoms with Crippen molar-refractivity contribution in [2.45, 2.75) is 37.9 Å². The summed E-state index contributed by atoms with van der Waals surface area (Å²) in [5.74, 6) is 1.25. The summed E-state index contributed by atoms with van der Waals surface area (Å²) in [6, 6.07) is 8.80. The molecule has 5 nitrogen and oxygen atoms in total. The van der Waals surface area contributed by atoms with Gasteiger partial charge in [0.05, 0.1) is 11.6 Å². The van der Waals surface area contributed by atoms with E-state index in [1.54, 1.807) is 0 Å². The van der Waals surface area contributed by atoms with Gasteiger partial charge in [-0.05, 0) is 37.9 Å². The Labute approximate surface area is 134 Å². The first-order valence-corrected chi connectivity index (χ1v) is 8.23. The first kappa shape index (κ1) is 14.2. The summed E-state index contributed by atoms with van der Waals surface area (Å²) in [7, 11) is 0. The fraction of sp³-hybridized carbons (Fsp3) is 0.500. The van der Waals surface area contributed by atoms with E-state index in [9.17, 15) is 0 Å². The van der Waals surface area contributed by atoms with Crippen LogP contribution < -0.4 is 5.32 Å². The van der Waals surface area contributed by atoms with Crippen molar-refractivity contribution in [2.24, 2.45) is 0 Å². The Morgan fingerprint density at radius 3 is 3.00 bits per heavy atom. The SMILES string of the molecule is Clc1ccccc1-c1noc(CN2[C@H]3CCNC[C@@H]2CC3)n1. The smallest absolute Gasteiger partial charge is 0.241 e. The molecule has 0 radical (unpaired) electrons. The van der Waals surface area contributed by atoms with Crippen LogP contribution in [0.1, 0.15) is 25.2 Å². The van der Waals surface area contributed by atoms with Gasteiger partial charge in [-0.1, -0.05) is 28.9 Å². The van der Waals surface area contributed by atoms with E-state index < -0.39 is 0 Å². The van der Waals surface area contributed by atoms with Gasteiger partial charge in [0, 0.05) is 24.2 Å². The number of fused-ring (bicyclic) bond motifs is 2. The number of nitrogens with one attached hydrogen (secondary N) is 1. The maximum atomic E-state index is 6.20. The topological polar surface area (TPSA) is 54.2 Å². The third-order valence-corrected chi connectivity index (χ3v) is 5.04. The molecule has 22 heavy (non-hydrogen) atoms. The largest absolute Gasteiger partial charge is 0.338 e. The van der Waals surface area contributed by atoms with Crippen LogP contribution in [-0.2, 0) is 6.54 Å². The van der Waals surface area contributed by atoms with E-state index in [1.807, 2.05) is 24.3 Å². The minimum atomic E-state index is 0.570. The third kappa shape index (κ3) is 2.64. The molecule has 2 bridgehead atoms. The van der Waals surface area contributed by atoms with Gasteiger partial charge in [-0.3, -0.25) is 4.90 Å². The Bertz CT molecular complexity index is 645. The summed E-state index contributed by atoms with van der Waals surface area (Å²) in [6.45, 7) is 2.89. The lowest BCUT2D eigenvalue weighted by molar-refractivity contribution is 0.168. The average Bonchev–Trinajstić information content (AvgIpc) is 3.05. The molecular formula is C16H19ClN4O. The summed E-state index contributed by atoms with van der Waals surface area (Å²) in [5.41, 5.74) is 0.819.